The Morgan fingerprint density at radius 1 is 0.935 bits per heavy atom. The highest BCUT2D eigenvalue weighted by molar-refractivity contribution is 6.30. The fraction of sp³-hybridized carbons (Fsp3) is 0.292. The summed E-state index contributed by atoms with van der Waals surface area (Å²) in [5.41, 5.74) is 3.36. The van der Waals surface area contributed by atoms with E-state index in [-0.39, 0.29) is 17.7 Å². The third-order valence-electron chi connectivity index (χ3n) is 5.59. The summed E-state index contributed by atoms with van der Waals surface area (Å²) in [5.74, 6) is 0.147. The molecule has 3 aromatic rings. The topological polar surface area (TPSA) is 76.0 Å². The van der Waals surface area contributed by atoms with Crippen LogP contribution in [0.4, 0.5) is 0 Å². The van der Waals surface area contributed by atoms with Crippen molar-refractivity contribution in [3.63, 3.8) is 0 Å². The second kappa shape index (κ2) is 9.79. The fourth-order valence-corrected chi connectivity index (χ4v) is 3.89. The van der Waals surface area contributed by atoms with Crippen molar-refractivity contribution in [2.24, 2.45) is 5.92 Å². The molecule has 160 valence electrons. The Morgan fingerprint density at radius 2 is 1.61 bits per heavy atom. The van der Waals surface area contributed by atoms with E-state index in [0.29, 0.717) is 23.7 Å². The molecule has 1 aliphatic rings. The van der Waals surface area contributed by atoms with Gasteiger partial charge in [-0.15, -0.1) is 0 Å². The lowest BCUT2D eigenvalue weighted by molar-refractivity contribution is -0.124. The van der Waals surface area contributed by atoms with Crippen LogP contribution in [0.3, 0.4) is 0 Å². The summed E-state index contributed by atoms with van der Waals surface area (Å²) in [7, 11) is 0. The number of nitrogens with one attached hydrogen (secondary N) is 2. The standard InChI is InChI=1S/C24H25ClN4O2/c25-21-9-11-22(12-10-21)29-16-18(15-28-29)14-27-24(31)20-7-5-17(6-8-20)13-26-23(30)19-3-1-2-4-19/h5-12,15-16,19H,1-4,13-14H2,(H,26,30)(H,27,31). The molecule has 0 spiro atoms. The number of carbonyl (C=O) groups is 2. The summed E-state index contributed by atoms with van der Waals surface area (Å²) >= 11 is 5.92. The minimum Gasteiger partial charge on any atom is -0.352 e. The molecule has 4 rings (SSSR count). The first-order chi connectivity index (χ1) is 15.1. The Hall–Kier alpha value is -3.12. The predicted octanol–water partition coefficient (Wildman–Crippen LogP) is 4.26. The molecule has 1 aromatic heterocycles. The van der Waals surface area contributed by atoms with Gasteiger partial charge >= 0.3 is 0 Å². The van der Waals surface area contributed by atoms with Crippen molar-refractivity contribution in [2.45, 2.75) is 38.8 Å². The molecule has 1 saturated carbocycles. The molecule has 1 fully saturated rings. The van der Waals surface area contributed by atoms with Crippen molar-refractivity contribution >= 4 is 23.4 Å². The molecule has 2 N–H and O–H groups in total. The van der Waals surface area contributed by atoms with Crippen LogP contribution in [-0.2, 0) is 17.9 Å². The van der Waals surface area contributed by atoms with E-state index in [0.717, 1.165) is 42.5 Å². The zero-order chi connectivity index (χ0) is 21.6. The second-order valence-corrected chi connectivity index (χ2v) is 8.28. The number of hydrogen-bond donors (Lipinski definition) is 2. The quantitative estimate of drug-likeness (QED) is 0.581. The average Bonchev–Trinajstić information content (AvgIpc) is 3.49. The molecule has 0 saturated heterocycles. The van der Waals surface area contributed by atoms with E-state index in [1.54, 1.807) is 23.0 Å². The third kappa shape index (κ3) is 5.52. The molecule has 0 radical (unpaired) electrons. The number of nitrogens with zero attached hydrogens (tertiary/aromatic N) is 2. The van der Waals surface area contributed by atoms with Gasteiger partial charge in [-0.2, -0.15) is 5.10 Å². The van der Waals surface area contributed by atoms with Crippen molar-refractivity contribution < 1.29 is 9.59 Å². The van der Waals surface area contributed by atoms with E-state index >= 15 is 0 Å². The lowest BCUT2D eigenvalue weighted by atomic mass is 10.1. The SMILES string of the molecule is O=C(NCc1cnn(-c2ccc(Cl)cc2)c1)c1ccc(CNC(=O)C2CCCC2)cc1. The van der Waals surface area contributed by atoms with Gasteiger partial charge in [-0.05, 0) is 54.8 Å². The first-order valence-corrected chi connectivity index (χ1v) is 10.9. The highest BCUT2D eigenvalue weighted by Gasteiger charge is 2.22. The summed E-state index contributed by atoms with van der Waals surface area (Å²) in [6, 6.07) is 14.7. The third-order valence-corrected chi connectivity index (χ3v) is 5.84. The Balaban J connectivity index is 1.27. The first-order valence-electron chi connectivity index (χ1n) is 10.5. The maximum absolute atomic E-state index is 12.5. The van der Waals surface area contributed by atoms with Gasteiger partial charge in [0.05, 0.1) is 11.9 Å². The van der Waals surface area contributed by atoms with E-state index in [4.69, 9.17) is 11.6 Å². The number of hydrogen-bond acceptors (Lipinski definition) is 3. The van der Waals surface area contributed by atoms with E-state index in [2.05, 4.69) is 15.7 Å². The lowest BCUT2D eigenvalue weighted by Crippen LogP contribution is -2.28. The highest BCUT2D eigenvalue weighted by atomic mass is 35.5. The minimum atomic E-state index is -0.152. The molecule has 1 aliphatic carbocycles. The van der Waals surface area contributed by atoms with Crippen LogP contribution in [0, 0.1) is 5.92 Å². The predicted molar refractivity (Wildman–Crippen MR) is 120 cm³/mol. The summed E-state index contributed by atoms with van der Waals surface area (Å²) in [6.07, 6.45) is 7.87. The van der Waals surface area contributed by atoms with Crippen molar-refractivity contribution in [3.8, 4) is 5.69 Å². The first kappa shape index (κ1) is 21.1. The van der Waals surface area contributed by atoms with Gasteiger partial charge in [0.1, 0.15) is 0 Å². The molecular weight excluding hydrogens is 412 g/mol. The second-order valence-electron chi connectivity index (χ2n) is 7.85. The van der Waals surface area contributed by atoms with Crippen LogP contribution in [0.1, 0.15) is 47.2 Å². The fourth-order valence-electron chi connectivity index (χ4n) is 3.77. The molecule has 0 bridgehead atoms. The zero-order valence-corrected chi connectivity index (χ0v) is 17.9. The van der Waals surface area contributed by atoms with Gasteiger partial charge in [0.25, 0.3) is 5.91 Å². The molecule has 1 heterocycles. The van der Waals surface area contributed by atoms with Crippen LogP contribution in [0.5, 0.6) is 0 Å². The summed E-state index contributed by atoms with van der Waals surface area (Å²) < 4.78 is 1.74. The van der Waals surface area contributed by atoms with E-state index < -0.39 is 0 Å². The lowest BCUT2D eigenvalue weighted by Gasteiger charge is -2.10. The monoisotopic (exact) mass is 436 g/mol. The van der Waals surface area contributed by atoms with Gasteiger partial charge < -0.3 is 10.6 Å². The molecular formula is C24H25ClN4O2. The van der Waals surface area contributed by atoms with E-state index in [9.17, 15) is 9.59 Å². The van der Waals surface area contributed by atoms with Crippen LogP contribution in [-0.4, -0.2) is 21.6 Å². The number of benzene rings is 2. The van der Waals surface area contributed by atoms with Gasteiger partial charge in [0, 0.05) is 41.4 Å². The van der Waals surface area contributed by atoms with E-state index in [1.165, 1.54) is 0 Å². The Bertz CT molecular complexity index is 1040. The molecule has 2 amide bonds. The number of rotatable bonds is 7. The molecule has 0 aliphatic heterocycles. The van der Waals surface area contributed by atoms with Gasteiger partial charge in [-0.3, -0.25) is 9.59 Å². The Kier molecular flexibility index (Phi) is 6.67. The van der Waals surface area contributed by atoms with Crippen LogP contribution < -0.4 is 10.6 Å². The van der Waals surface area contributed by atoms with Gasteiger partial charge in [0.15, 0.2) is 0 Å². The summed E-state index contributed by atoms with van der Waals surface area (Å²) in [4.78, 5) is 24.6. The van der Waals surface area contributed by atoms with Crippen LogP contribution >= 0.6 is 11.6 Å². The van der Waals surface area contributed by atoms with Crippen molar-refractivity contribution in [1.82, 2.24) is 20.4 Å². The van der Waals surface area contributed by atoms with Gasteiger partial charge in [0.2, 0.25) is 5.91 Å². The van der Waals surface area contributed by atoms with Gasteiger partial charge in [-0.1, -0.05) is 36.6 Å². The van der Waals surface area contributed by atoms with Crippen LogP contribution in [0.2, 0.25) is 5.02 Å². The molecule has 2 aromatic carbocycles. The normalized spacial score (nSPS) is 13.8. The number of halogens is 1. The Morgan fingerprint density at radius 3 is 2.32 bits per heavy atom. The van der Waals surface area contributed by atoms with Crippen molar-refractivity contribution in [1.29, 1.82) is 0 Å². The minimum absolute atomic E-state index is 0.137. The molecule has 0 unspecified atom stereocenters. The molecule has 7 heteroatoms. The highest BCUT2D eigenvalue weighted by Crippen LogP contribution is 2.24. The maximum Gasteiger partial charge on any atom is 0.251 e. The van der Waals surface area contributed by atoms with Crippen LogP contribution in [0.25, 0.3) is 5.69 Å². The van der Waals surface area contributed by atoms with Crippen LogP contribution in [0.15, 0.2) is 60.9 Å². The maximum atomic E-state index is 12.5. The molecule has 0 atom stereocenters. The summed E-state index contributed by atoms with van der Waals surface area (Å²) in [5, 5.41) is 10.9. The Labute approximate surface area is 186 Å². The number of carbonyl (C=O) groups excluding carboxylic acids is 2. The van der Waals surface area contributed by atoms with E-state index in [1.807, 2.05) is 42.6 Å². The molecule has 31 heavy (non-hydrogen) atoms. The zero-order valence-electron chi connectivity index (χ0n) is 17.2. The van der Waals surface area contributed by atoms with Crippen molar-refractivity contribution in [3.05, 3.63) is 82.6 Å². The average molecular weight is 437 g/mol. The van der Waals surface area contributed by atoms with Gasteiger partial charge in [-0.25, -0.2) is 4.68 Å². The molecule has 6 nitrogen and oxygen atoms in total. The smallest absolute Gasteiger partial charge is 0.251 e. The largest absolute Gasteiger partial charge is 0.352 e. The van der Waals surface area contributed by atoms with Crippen molar-refractivity contribution in [2.75, 3.05) is 0 Å². The number of amides is 2. The number of aromatic nitrogens is 2. The summed E-state index contributed by atoms with van der Waals surface area (Å²) in [6.45, 7) is 0.868.